The molecule has 0 radical (unpaired) electrons. The Hall–Kier alpha value is -1.70. The molecule has 0 aliphatic heterocycles. The highest BCUT2D eigenvalue weighted by atomic mass is 16.1. The lowest BCUT2D eigenvalue weighted by molar-refractivity contribution is -0.117. The molecule has 2 nitrogen and oxygen atoms in total. The average Bonchev–Trinajstić information content (AvgIpc) is 2.93. The number of Topliss-reactive ketones (excluding diaryl/α,β-unsaturated/α-hetero) is 2. The number of fused-ring (bicyclic) bond motifs is 1. The van der Waals surface area contributed by atoms with Gasteiger partial charge in [0, 0.05) is 12.0 Å². The van der Waals surface area contributed by atoms with E-state index in [-0.39, 0.29) is 17.5 Å². The standard InChI is InChI=1S/C21H28O2/c1-4-6-7-8-9-10-21(23)20-14-18(15(3)22)17-12-11-16(5-2)13-19(17)20/h11-14,18H,4-10H2,1-3H3. The van der Waals surface area contributed by atoms with Gasteiger partial charge in [-0.3, -0.25) is 9.59 Å². The second-order valence-corrected chi connectivity index (χ2v) is 6.53. The Balaban J connectivity index is 2.13. The zero-order chi connectivity index (χ0) is 16.8. The summed E-state index contributed by atoms with van der Waals surface area (Å²) in [7, 11) is 0. The number of hydrogen-bond donors (Lipinski definition) is 0. The highest BCUT2D eigenvalue weighted by molar-refractivity contribution is 6.23. The maximum absolute atomic E-state index is 12.6. The number of hydrogen-bond acceptors (Lipinski definition) is 2. The molecule has 0 spiro atoms. The number of allylic oxidation sites excluding steroid dienone is 2. The third-order valence-corrected chi connectivity index (χ3v) is 4.73. The van der Waals surface area contributed by atoms with E-state index < -0.39 is 0 Å². The van der Waals surface area contributed by atoms with Crippen LogP contribution in [0.25, 0.3) is 5.57 Å². The quantitative estimate of drug-likeness (QED) is 0.584. The van der Waals surface area contributed by atoms with E-state index >= 15 is 0 Å². The van der Waals surface area contributed by atoms with Crippen molar-refractivity contribution in [3.63, 3.8) is 0 Å². The van der Waals surface area contributed by atoms with Crippen molar-refractivity contribution in [1.82, 2.24) is 0 Å². The van der Waals surface area contributed by atoms with Crippen LogP contribution >= 0.6 is 0 Å². The molecule has 23 heavy (non-hydrogen) atoms. The molecule has 1 aromatic rings. The van der Waals surface area contributed by atoms with Crippen molar-refractivity contribution in [3.05, 3.63) is 41.0 Å². The summed E-state index contributed by atoms with van der Waals surface area (Å²) < 4.78 is 0. The molecule has 0 aromatic heterocycles. The van der Waals surface area contributed by atoms with Gasteiger partial charge in [0.2, 0.25) is 0 Å². The lowest BCUT2D eigenvalue weighted by Crippen LogP contribution is -2.04. The fourth-order valence-electron chi connectivity index (χ4n) is 3.28. The largest absolute Gasteiger partial charge is 0.299 e. The van der Waals surface area contributed by atoms with E-state index in [4.69, 9.17) is 0 Å². The van der Waals surface area contributed by atoms with E-state index in [1.165, 1.54) is 24.8 Å². The van der Waals surface area contributed by atoms with Gasteiger partial charge < -0.3 is 0 Å². The van der Waals surface area contributed by atoms with Crippen molar-refractivity contribution in [2.24, 2.45) is 0 Å². The zero-order valence-electron chi connectivity index (χ0n) is 14.7. The Bertz CT molecular complexity index is 610. The van der Waals surface area contributed by atoms with Crippen LogP contribution in [0.2, 0.25) is 0 Å². The van der Waals surface area contributed by atoms with Gasteiger partial charge in [0.15, 0.2) is 5.78 Å². The van der Waals surface area contributed by atoms with Crippen LogP contribution in [-0.2, 0) is 16.0 Å². The van der Waals surface area contributed by atoms with Gasteiger partial charge in [-0.15, -0.1) is 0 Å². The van der Waals surface area contributed by atoms with Crippen molar-refractivity contribution in [2.75, 3.05) is 0 Å². The zero-order valence-corrected chi connectivity index (χ0v) is 14.7. The first-order valence-electron chi connectivity index (χ1n) is 8.97. The van der Waals surface area contributed by atoms with Gasteiger partial charge in [-0.2, -0.15) is 0 Å². The normalized spacial score (nSPS) is 16.1. The number of carbonyl (C=O) groups excluding carboxylic acids is 2. The van der Waals surface area contributed by atoms with Gasteiger partial charge in [-0.05, 0) is 36.5 Å². The maximum Gasteiger partial charge on any atom is 0.163 e. The van der Waals surface area contributed by atoms with Gasteiger partial charge >= 0.3 is 0 Å². The topological polar surface area (TPSA) is 34.1 Å². The Morgan fingerprint density at radius 2 is 1.78 bits per heavy atom. The maximum atomic E-state index is 12.6. The predicted octanol–water partition coefficient (Wildman–Crippen LogP) is 5.25. The highest BCUT2D eigenvalue weighted by Crippen LogP contribution is 2.38. The summed E-state index contributed by atoms with van der Waals surface area (Å²) in [5.74, 6) is 0.0657. The number of carbonyl (C=O) groups is 2. The van der Waals surface area contributed by atoms with Crippen LogP contribution < -0.4 is 0 Å². The molecular formula is C21H28O2. The third kappa shape index (κ3) is 4.19. The van der Waals surface area contributed by atoms with Crippen LogP contribution in [0.1, 0.15) is 81.9 Å². The second kappa shape index (κ2) is 8.24. The smallest absolute Gasteiger partial charge is 0.163 e. The molecule has 1 aliphatic carbocycles. The minimum Gasteiger partial charge on any atom is -0.299 e. The molecule has 1 aromatic carbocycles. The molecule has 2 heteroatoms. The van der Waals surface area contributed by atoms with Crippen LogP contribution in [0.4, 0.5) is 0 Å². The molecule has 0 saturated heterocycles. The molecular weight excluding hydrogens is 284 g/mol. The van der Waals surface area contributed by atoms with E-state index in [0.717, 1.165) is 36.0 Å². The fourth-order valence-corrected chi connectivity index (χ4v) is 3.28. The molecule has 124 valence electrons. The fraction of sp³-hybridized carbons (Fsp3) is 0.524. The molecule has 0 bridgehead atoms. The van der Waals surface area contributed by atoms with Gasteiger partial charge in [0.25, 0.3) is 0 Å². The molecule has 0 amide bonds. The van der Waals surface area contributed by atoms with E-state index in [9.17, 15) is 9.59 Å². The number of unbranched alkanes of at least 4 members (excludes halogenated alkanes) is 4. The first kappa shape index (κ1) is 17.7. The highest BCUT2D eigenvalue weighted by Gasteiger charge is 2.29. The van der Waals surface area contributed by atoms with Crippen LogP contribution in [-0.4, -0.2) is 11.6 Å². The van der Waals surface area contributed by atoms with Crippen molar-refractivity contribution in [2.45, 2.75) is 71.6 Å². The van der Waals surface area contributed by atoms with Gasteiger partial charge in [-0.25, -0.2) is 0 Å². The Labute approximate surface area is 140 Å². The van der Waals surface area contributed by atoms with Crippen LogP contribution in [0, 0.1) is 0 Å². The lowest BCUT2D eigenvalue weighted by Gasteiger charge is -2.09. The van der Waals surface area contributed by atoms with Crippen LogP contribution in [0.5, 0.6) is 0 Å². The summed E-state index contributed by atoms with van der Waals surface area (Å²) in [5, 5.41) is 0. The van der Waals surface area contributed by atoms with Crippen LogP contribution in [0.3, 0.4) is 0 Å². The first-order chi connectivity index (χ1) is 11.1. The summed E-state index contributed by atoms with van der Waals surface area (Å²) in [4.78, 5) is 24.5. The summed E-state index contributed by atoms with van der Waals surface area (Å²) in [6.45, 7) is 5.91. The SMILES string of the molecule is CCCCCCCC(=O)C1=CC(C(C)=O)c2ccc(CC)cc21. The molecule has 0 N–H and O–H groups in total. The second-order valence-electron chi connectivity index (χ2n) is 6.53. The van der Waals surface area contributed by atoms with Crippen molar-refractivity contribution in [1.29, 1.82) is 0 Å². The van der Waals surface area contributed by atoms with Gasteiger partial charge in [0.05, 0.1) is 5.92 Å². The first-order valence-corrected chi connectivity index (χ1v) is 8.97. The van der Waals surface area contributed by atoms with Gasteiger partial charge in [-0.1, -0.05) is 63.8 Å². The molecule has 1 atom stereocenters. The van der Waals surface area contributed by atoms with Crippen molar-refractivity contribution >= 4 is 17.1 Å². The van der Waals surface area contributed by atoms with Crippen molar-refractivity contribution < 1.29 is 9.59 Å². The lowest BCUT2D eigenvalue weighted by atomic mass is 9.94. The minimum absolute atomic E-state index is 0.112. The molecule has 1 unspecified atom stereocenters. The van der Waals surface area contributed by atoms with Crippen LogP contribution in [0.15, 0.2) is 24.3 Å². The van der Waals surface area contributed by atoms with Crippen molar-refractivity contribution in [3.8, 4) is 0 Å². The van der Waals surface area contributed by atoms with Gasteiger partial charge in [0.1, 0.15) is 5.78 Å². The number of ketones is 2. The third-order valence-electron chi connectivity index (χ3n) is 4.73. The summed E-state index contributed by atoms with van der Waals surface area (Å²) >= 11 is 0. The summed E-state index contributed by atoms with van der Waals surface area (Å²) in [6.07, 6.45) is 9.15. The number of aryl methyl sites for hydroxylation is 1. The Kier molecular flexibility index (Phi) is 6.32. The van der Waals surface area contributed by atoms with E-state index in [0.29, 0.717) is 6.42 Å². The Morgan fingerprint density at radius 1 is 1.04 bits per heavy atom. The predicted molar refractivity (Wildman–Crippen MR) is 95.6 cm³/mol. The minimum atomic E-state index is -0.241. The molecule has 1 aliphatic rings. The summed E-state index contributed by atoms with van der Waals surface area (Å²) in [5.41, 5.74) is 3.98. The Morgan fingerprint density at radius 3 is 2.43 bits per heavy atom. The monoisotopic (exact) mass is 312 g/mol. The number of rotatable bonds is 9. The molecule has 2 rings (SSSR count). The number of benzene rings is 1. The van der Waals surface area contributed by atoms with E-state index in [1.54, 1.807) is 6.92 Å². The van der Waals surface area contributed by atoms with E-state index in [1.807, 2.05) is 12.1 Å². The summed E-state index contributed by atoms with van der Waals surface area (Å²) in [6, 6.07) is 6.19. The van der Waals surface area contributed by atoms with E-state index in [2.05, 4.69) is 26.0 Å². The molecule has 0 fully saturated rings. The molecule has 0 saturated carbocycles. The molecule has 0 heterocycles. The average molecular weight is 312 g/mol.